The van der Waals surface area contributed by atoms with Gasteiger partial charge in [0.25, 0.3) is 11.8 Å². The molecule has 0 atom stereocenters. The molecule has 2 saturated heterocycles. The van der Waals surface area contributed by atoms with Gasteiger partial charge in [0.05, 0.1) is 24.6 Å². The number of benzene rings is 3. The number of anilines is 2. The molecule has 8 nitrogen and oxygen atoms in total. The van der Waals surface area contributed by atoms with Crippen LogP contribution in [0.2, 0.25) is 15.1 Å². The van der Waals surface area contributed by atoms with E-state index in [1.807, 2.05) is 12.1 Å². The molecule has 228 valence electrons. The number of nitrogens with one attached hydrogen (secondary N) is 2. The molecule has 2 heterocycles. The van der Waals surface area contributed by atoms with Gasteiger partial charge in [-0.25, -0.2) is 0 Å². The molecule has 2 aliphatic rings. The number of piperazine rings is 1. The highest BCUT2D eigenvalue weighted by Crippen LogP contribution is 2.29. The van der Waals surface area contributed by atoms with Gasteiger partial charge < -0.3 is 20.3 Å². The van der Waals surface area contributed by atoms with E-state index in [1.54, 1.807) is 48.5 Å². The predicted octanol–water partition coefficient (Wildman–Crippen LogP) is 5.33. The number of carbonyl (C=O) groups is 2. The standard InChI is InChI=1S/C32H36Cl3N5O3/c33-26-3-1-2-24(20-26)32(42)37-29-21-25(31(41)36-9-8-23-4-6-27(34)22-28(23)35)5-7-30(29)40-14-12-38(13-15-40)10-11-39-16-18-43-19-17-39/h1-7,20-22H,8-19H2,(H,36,41)(H,37,42). The highest BCUT2D eigenvalue weighted by molar-refractivity contribution is 6.35. The molecule has 0 saturated carbocycles. The zero-order chi connectivity index (χ0) is 30.2. The molecule has 0 spiro atoms. The summed E-state index contributed by atoms with van der Waals surface area (Å²) >= 11 is 18.4. The first-order valence-electron chi connectivity index (χ1n) is 14.6. The van der Waals surface area contributed by atoms with Gasteiger partial charge in [-0.05, 0) is 60.5 Å². The Balaban J connectivity index is 1.26. The van der Waals surface area contributed by atoms with Gasteiger partial charge in [0.2, 0.25) is 0 Å². The molecule has 0 bridgehead atoms. The molecule has 0 aliphatic carbocycles. The summed E-state index contributed by atoms with van der Waals surface area (Å²) in [6.45, 7) is 9.53. The smallest absolute Gasteiger partial charge is 0.255 e. The Morgan fingerprint density at radius 3 is 2.16 bits per heavy atom. The van der Waals surface area contributed by atoms with Crippen LogP contribution in [0.25, 0.3) is 0 Å². The van der Waals surface area contributed by atoms with E-state index in [2.05, 4.69) is 25.3 Å². The Morgan fingerprint density at radius 1 is 0.744 bits per heavy atom. The normalized spacial score (nSPS) is 16.2. The molecular formula is C32H36Cl3N5O3. The van der Waals surface area contributed by atoms with E-state index >= 15 is 0 Å². The van der Waals surface area contributed by atoms with Gasteiger partial charge in [0.1, 0.15) is 0 Å². The lowest BCUT2D eigenvalue weighted by atomic mass is 10.1. The Hall–Kier alpha value is -2.85. The SMILES string of the molecule is O=C(NCCc1ccc(Cl)cc1Cl)c1ccc(N2CCN(CCN3CCOCC3)CC2)c(NC(=O)c2cccc(Cl)c2)c1. The van der Waals surface area contributed by atoms with Crippen LogP contribution in [0.3, 0.4) is 0 Å². The highest BCUT2D eigenvalue weighted by atomic mass is 35.5. The first-order chi connectivity index (χ1) is 20.9. The highest BCUT2D eigenvalue weighted by Gasteiger charge is 2.22. The molecule has 2 aliphatic heterocycles. The Morgan fingerprint density at radius 2 is 1.44 bits per heavy atom. The lowest BCUT2D eigenvalue weighted by molar-refractivity contribution is 0.0331. The third-order valence-corrected chi connectivity index (χ3v) is 8.66. The second-order valence-electron chi connectivity index (χ2n) is 10.7. The summed E-state index contributed by atoms with van der Waals surface area (Å²) in [6.07, 6.45) is 0.563. The average molecular weight is 645 g/mol. The Labute approximate surface area is 267 Å². The average Bonchev–Trinajstić information content (AvgIpc) is 3.02. The zero-order valence-corrected chi connectivity index (χ0v) is 26.2. The van der Waals surface area contributed by atoms with Gasteiger partial charge in [-0.1, -0.05) is 46.9 Å². The fraction of sp³-hybridized carbons (Fsp3) is 0.375. The number of ether oxygens (including phenoxy) is 1. The summed E-state index contributed by atoms with van der Waals surface area (Å²) in [5.41, 5.74) is 3.27. The van der Waals surface area contributed by atoms with Crippen LogP contribution in [0.4, 0.5) is 11.4 Å². The fourth-order valence-electron chi connectivity index (χ4n) is 5.33. The molecule has 3 aromatic carbocycles. The van der Waals surface area contributed by atoms with Gasteiger partial charge in [0.15, 0.2) is 0 Å². The van der Waals surface area contributed by atoms with E-state index in [0.717, 1.165) is 76.8 Å². The topological polar surface area (TPSA) is 77.2 Å². The lowest BCUT2D eigenvalue weighted by Crippen LogP contribution is -2.49. The number of amides is 2. The second kappa shape index (κ2) is 15.2. The molecule has 5 rings (SSSR count). The van der Waals surface area contributed by atoms with Crippen LogP contribution in [0.1, 0.15) is 26.3 Å². The van der Waals surface area contributed by atoms with E-state index in [0.29, 0.717) is 44.8 Å². The largest absolute Gasteiger partial charge is 0.379 e. The molecule has 3 aromatic rings. The molecular weight excluding hydrogens is 609 g/mol. The quantitative estimate of drug-likeness (QED) is 0.311. The first kappa shape index (κ1) is 31.6. The summed E-state index contributed by atoms with van der Waals surface area (Å²) in [7, 11) is 0. The van der Waals surface area contributed by atoms with Crippen molar-refractivity contribution in [3.63, 3.8) is 0 Å². The van der Waals surface area contributed by atoms with E-state index in [1.165, 1.54) is 0 Å². The van der Waals surface area contributed by atoms with E-state index in [-0.39, 0.29) is 11.8 Å². The van der Waals surface area contributed by atoms with Crippen LogP contribution in [-0.4, -0.2) is 93.7 Å². The van der Waals surface area contributed by atoms with Gasteiger partial charge in [-0.15, -0.1) is 0 Å². The van der Waals surface area contributed by atoms with E-state index in [9.17, 15) is 9.59 Å². The molecule has 2 amide bonds. The van der Waals surface area contributed by atoms with E-state index < -0.39 is 0 Å². The number of carbonyl (C=O) groups excluding carboxylic acids is 2. The summed E-state index contributed by atoms with van der Waals surface area (Å²) in [5.74, 6) is -0.523. The summed E-state index contributed by atoms with van der Waals surface area (Å²) in [4.78, 5) is 33.5. The molecule has 43 heavy (non-hydrogen) atoms. The maximum atomic E-state index is 13.2. The Bertz CT molecular complexity index is 1430. The number of hydrogen-bond donors (Lipinski definition) is 2. The third kappa shape index (κ3) is 8.85. The number of hydrogen-bond acceptors (Lipinski definition) is 6. The minimum absolute atomic E-state index is 0.233. The van der Waals surface area contributed by atoms with Crippen LogP contribution in [-0.2, 0) is 11.2 Å². The predicted molar refractivity (Wildman–Crippen MR) is 174 cm³/mol. The maximum absolute atomic E-state index is 13.2. The van der Waals surface area contributed by atoms with Gasteiger partial charge in [0, 0.05) is 85.1 Å². The number of halogens is 3. The van der Waals surface area contributed by atoms with Crippen molar-refractivity contribution in [2.45, 2.75) is 6.42 Å². The molecule has 2 fully saturated rings. The lowest BCUT2D eigenvalue weighted by Gasteiger charge is -2.38. The molecule has 0 aromatic heterocycles. The minimum atomic E-state index is -0.289. The first-order valence-corrected chi connectivity index (χ1v) is 15.7. The van der Waals surface area contributed by atoms with Crippen molar-refractivity contribution in [3.8, 4) is 0 Å². The molecule has 11 heteroatoms. The fourth-order valence-corrected chi connectivity index (χ4v) is 6.03. The maximum Gasteiger partial charge on any atom is 0.255 e. The molecule has 0 unspecified atom stereocenters. The van der Waals surface area contributed by atoms with Crippen LogP contribution in [0.5, 0.6) is 0 Å². The van der Waals surface area contributed by atoms with Crippen LogP contribution in [0.15, 0.2) is 60.7 Å². The van der Waals surface area contributed by atoms with Gasteiger partial charge in [-0.3, -0.25) is 19.4 Å². The zero-order valence-electron chi connectivity index (χ0n) is 24.0. The van der Waals surface area contributed by atoms with Crippen LogP contribution < -0.4 is 15.5 Å². The van der Waals surface area contributed by atoms with Crippen molar-refractivity contribution in [1.82, 2.24) is 15.1 Å². The Kier molecular flexibility index (Phi) is 11.2. The molecule has 0 radical (unpaired) electrons. The van der Waals surface area contributed by atoms with Gasteiger partial charge >= 0.3 is 0 Å². The van der Waals surface area contributed by atoms with Crippen molar-refractivity contribution in [2.75, 3.05) is 82.3 Å². The number of morpholine rings is 1. The van der Waals surface area contributed by atoms with Crippen molar-refractivity contribution in [3.05, 3.63) is 92.4 Å². The van der Waals surface area contributed by atoms with Crippen LogP contribution in [0, 0.1) is 0 Å². The summed E-state index contributed by atoms with van der Waals surface area (Å²) in [6, 6.07) is 17.6. The van der Waals surface area contributed by atoms with Crippen molar-refractivity contribution in [1.29, 1.82) is 0 Å². The molecule has 2 N–H and O–H groups in total. The van der Waals surface area contributed by atoms with E-state index in [4.69, 9.17) is 39.5 Å². The van der Waals surface area contributed by atoms with Gasteiger partial charge in [-0.2, -0.15) is 0 Å². The summed E-state index contributed by atoms with van der Waals surface area (Å²) in [5, 5.41) is 7.62. The second-order valence-corrected chi connectivity index (χ2v) is 12.0. The van der Waals surface area contributed by atoms with Crippen molar-refractivity contribution in [2.24, 2.45) is 0 Å². The summed E-state index contributed by atoms with van der Waals surface area (Å²) < 4.78 is 5.46. The van der Waals surface area contributed by atoms with Crippen LogP contribution >= 0.6 is 34.8 Å². The number of nitrogens with zero attached hydrogens (tertiary/aromatic N) is 3. The third-order valence-electron chi connectivity index (χ3n) is 7.84. The monoisotopic (exact) mass is 643 g/mol. The minimum Gasteiger partial charge on any atom is -0.379 e. The van der Waals surface area contributed by atoms with Crippen molar-refractivity contribution < 1.29 is 14.3 Å². The van der Waals surface area contributed by atoms with Crippen molar-refractivity contribution >= 4 is 58.0 Å². The number of rotatable bonds is 10.